The van der Waals surface area contributed by atoms with E-state index in [4.69, 9.17) is 20.9 Å². The standard InChI is InChI=1S/C16H13ClN2O4S/c1-24(20,21)14-7-5-13(6-8-14)22-10-15-18-16(19-23-15)11-3-2-4-12(17)9-11/h2-9H,10H2,1H3. The molecule has 24 heavy (non-hydrogen) atoms. The Morgan fingerprint density at radius 3 is 2.58 bits per heavy atom. The molecule has 0 N–H and O–H groups in total. The molecule has 0 unspecified atom stereocenters. The minimum Gasteiger partial charge on any atom is -0.484 e. The molecule has 6 nitrogen and oxygen atoms in total. The van der Waals surface area contributed by atoms with Crippen molar-refractivity contribution in [1.29, 1.82) is 0 Å². The van der Waals surface area contributed by atoms with Gasteiger partial charge < -0.3 is 9.26 Å². The van der Waals surface area contributed by atoms with Crippen molar-refractivity contribution < 1.29 is 17.7 Å². The van der Waals surface area contributed by atoms with E-state index in [-0.39, 0.29) is 11.5 Å². The van der Waals surface area contributed by atoms with E-state index in [1.54, 1.807) is 30.3 Å². The van der Waals surface area contributed by atoms with E-state index in [0.29, 0.717) is 22.5 Å². The second kappa shape index (κ2) is 6.62. The van der Waals surface area contributed by atoms with Gasteiger partial charge >= 0.3 is 0 Å². The van der Waals surface area contributed by atoms with Crippen LogP contribution in [-0.2, 0) is 16.4 Å². The molecule has 0 aliphatic rings. The normalized spacial score (nSPS) is 11.4. The van der Waals surface area contributed by atoms with Crippen molar-refractivity contribution in [3.8, 4) is 17.1 Å². The third-order valence-electron chi connectivity index (χ3n) is 3.17. The SMILES string of the molecule is CS(=O)(=O)c1ccc(OCc2nc(-c3cccc(Cl)c3)no2)cc1. The van der Waals surface area contributed by atoms with E-state index < -0.39 is 9.84 Å². The van der Waals surface area contributed by atoms with Crippen LogP contribution in [0, 0.1) is 0 Å². The maximum absolute atomic E-state index is 11.4. The lowest BCUT2D eigenvalue weighted by atomic mass is 10.2. The quantitative estimate of drug-likeness (QED) is 0.690. The highest BCUT2D eigenvalue weighted by molar-refractivity contribution is 7.90. The van der Waals surface area contributed by atoms with Crippen molar-refractivity contribution in [2.75, 3.05) is 6.26 Å². The Bertz CT molecular complexity index is 952. The topological polar surface area (TPSA) is 82.3 Å². The molecule has 0 atom stereocenters. The fourth-order valence-corrected chi connectivity index (χ4v) is 2.81. The smallest absolute Gasteiger partial charge is 0.264 e. The molecule has 0 radical (unpaired) electrons. The summed E-state index contributed by atoms with van der Waals surface area (Å²) in [6, 6.07) is 13.2. The number of hydrogen-bond donors (Lipinski definition) is 0. The van der Waals surface area contributed by atoms with Gasteiger partial charge in [-0.3, -0.25) is 0 Å². The first-order valence-electron chi connectivity index (χ1n) is 6.93. The third kappa shape index (κ3) is 3.93. The van der Waals surface area contributed by atoms with E-state index in [1.807, 2.05) is 6.07 Å². The molecular formula is C16H13ClN2O4S. The molecule has 0 amide bonds. The zero-order valence-electron chi connectivity index (χ0n) is 12.6. The van der Waals surface area contributed by atoms with Crippen molar-refractivity contribution >= 4 is 21.4 Å². The van der Waals surface area contributed by atoms with Crippen molar-refractivity contribution in [3.05, 3.63) is 59.4 Å². The Kier molecular flexibility index (Phi) is 4.55. The van der Waals surface area contributed by atoms with Gasteiger partial charge in [0, 0.05) is 16.8 Å². The van der Waals surface area contributed by atoms with E-state index >= 15 is 0 Å². The lowest BCUT2D eigenvalue weighted by Crippen LogP contribution is -1.98. The molecule has 0 aliphatic carbocycles. The van der Waals surface area contributed by atoms with Crippen molar-refractivity contribution in [2.24, 2.45) is 0 Å². The van der Waals surface area contributed by atoms with Crippen LogP contribution in [0.25, 0.3) is 11.4 Å². The lowest BCUT2D eigenvalue weighted by molar-refractivity contribution is 0.243. The van der Waals surface area contributed by atoms with Gasteiger partial charge in [-0.15, -0.1) is 0 Å². The number of rotatable bonds is 5. The van der Waals surface area contributed by atoms with Crippen LogP contribution in [0.4, 0.5) is 0 Å². The van der Waals surface area contributed by atoms with E-state index in [0.717, 1.165) is 11.8 Å². The average Bonchev–Trinajstić information content (AvgIpc) is 3.01. The number of benzene rings is 2. The number of nitrogens with zero attached hydrogens (tertiary/aromatic N) is 2. The molecular weight excluding hydrogens is 352 g/mol. The Hall–Kier alpha value is -2.38. The van der Waals surface area contributed by atoms with Crippen LogP contribution < -0.4 is 4.74 Å². The van der Waals surface area contributed by atoms with E-state index in [9.17, 15) is 8.42 Å². The highest BCUT2D eigenvalue weighted by Gasteiger charge is 2.10. The van der Waals surface area contributed by atoms with Crippen LogP contribution in [0.1, 0.15) is 5.89 Å². The Balaban J connectivity index is 1.67. The minimum atomic E-state index is -3.22. The summed E-state index contributed by atoms with van der Waals surface area (Å²) in [5.74, 6) is 1.23. The van der Waals surface area contributed by atoms with Gasteiger partial charge in [0.05, 0.1) is 4.90 Å². The van der Waals surface area contributed by atoms with Gasteiger partial charge in [-0.05, 0) is 36.4 Å². The van der Waals surface area contributed by atoms with Gasteiger partial charge in [0.1, 0.15) is 5.75 Å². The fraction of sp³-hybridized carbons (Fsp3) is 0.125. The molecule has 2 aromatic carbocycles. The second-order valence-corrected chi connectivity index (χ2v) is 7.51. The second-order valence-electron chi connectivity index (χ2n) is 5.05. The number of halogens is 1. The summed E-state index contributed by atoms with van der Waals surface area (Å²) in [5, 5.41) is 4.47. The predicted molar refractivity (Wildman–Crippen MR) is 88.6 cm³/mol. The van der Waals surface area contributed by atoms with Gasteiger partial charge in [0.2, 0.25) is 5.82 Å². The number of aromatic nitrogens is 2. The molecule has 124 valence electrons. The molecule has 0 spiro atoms. The van der Waals surface area contributed by atoms with Gasteiger partial charge in [-0.25, -0.2) is 8.42 Å². The number of ether oxygens (including phenoxy) is 1. The van der Waals surface area contributed by atoms with Gasteiger partial charge in [0.15, 0.2) is 16.4 Å². The first-order chi connectivity index (χ1) is 11.4. The Morgan fingerprint density at radius 1 is 1.17 bits per heavy atom. The summed E-state index contributed by atoms with van der Waals surface area (Å²) in [6.45, 7) is 0.0752. The molecule has 0 fully saturated rings. The maximum Gasteiger partial charge on any atom is 0.264 e. The summed E-state index contributed by atoms with van der Waals surface area (Å²) >= 11 is 5.93. The molecule has 1 aromatic heterocycles. The molecule has 0 aliphatic heterocycles. The van der Waals surface area contributed by atoms with Gasteiger partial charge in [-0.2, -0.15) is 4.98 Å². The van der Waals surface area contributed by atoms with Crippen LogP contribution in [0.5, 0.6) is 5.75 Å². The zero-order chi connectivity index (χ0) is 17.2. The first kappa shape index (κ1) is 16.5. The number of hydrogen-bond acceptors (Lipinski definition) is 6. The molecule has 0 saturated carbocycles. The maximum atomic E-state index is 11.4. The van der Waals surface area contributed by atoms with E-state index in [2.05, 4.69) is 10.1 Å². The average molecular weight is 365 g/mol. The lowest BCUT2D eigenvalue weighted by Gasteiger charge is -2.04. The largest absolute Gasteiger partial charge is 0.484 e. The fourth-order valence-electron chi connectivity index (χ4n) is 1.99. The highest BCUT2D eigenvalue weighted by atomic mass is 35.5. The molecule has 0 bridgehead atoms. The molecule has 0 saturated heterocycles. The van der Waals surface area contributed by atoms with Crippen LogP contribution in [0.3, 0.4) is 0 Å². The van der Waals surface area contributed by atoms with Crippen molar-refractivity contribution in [3.63, 3.8) is 0 Å². The molecule has 1 heterocycles. The summed E-state index contributed by atoms with van der Waals surface area (Å²) in [7, 11) is -3.22. The molecule has 3 aromatic rings. The summed E-state index contributed by atoms with van der Waals surface area (Å²) in [4.78, 5) is 4.47. The number of sulfone groups is 1. The van der Waals surface area contributed by atoms with Crippen molar-refractivity contribution in [1.82, 2.24) is 10.1 Å². The van der Waals surface area contributed by atoms with Gasteiger partial charge in [-0.1, -0.05) is 28.9 Å². The highest BCUT2D eigenvalue weighted by Crippen LogP contribution is 2.21. The van der Waals surface area contributed by atoms with Crippen molar-refractivity contribution in [2.45, 2.75) is 11.5 Å². The summed E-state index contributed by atoms with van der Waals surface area (Å²) in [6.07, 6.45) is 1.15. The predicted octanol–water partition coefficient (Wildman–Crippen LogP) is 3.37. The Labute approximate surface area is 144 Å². The van der Waals surface area contributed by atoms with Gasteiger partial charge in [0.25, 0.3) is 5.89 Å². The summed E-state index contributed by atoms with van der Waals surface area (Å²) < 4.78 is 33.5. The van der Waals surface area contributed by atoms with Crippen LogP contribution in [-0.4, -0.2) is 24.8 Å². The molecule has 3 rings (SSSR count). The molecule has 8 heteroatoms. The van der Waals surface area contributed by atoms with Crippen LogP contribution in [0.2, 0.25) is 5.02 Å². The Morgan fingerprint density at radius 2 is 1.92 bits per heavy atom. The van der Waals surface area contributed by atoms with Crippen LogP contribution in [0.15, 0.2) is 57.9 Å². The third-order valence-corrected chi connectivity index (χ3v) is 4.53. The zero-order valence-corrected chi connectivity index (χ0v) is 14.2. The monoisotopic (exact) mass is 364 g/mol. The summed E-state index contributed by atoms with van der Waals surface area (Å²) in [5.41, 5.74) is 0.745. The van der Waals surface area contributed by atoms with Crippen LogP contribution >= 0.6 is 11.6 Å². The minimum absolute atomic E-state index is 0.0752. The van der Waals surface area contributed by atoms with E-state index in [1.165, 1.54) is 12.1 Å². The first-order valence-corrected chi connectivity index (χ1v) is 9.20.